The molecule has 0 fully saturated rings. The van der Waals surface area contributed by atoms with Gasteiger partial charge in [0.15, 0.2) is 0 Å². The summed E-state index contributed by atoms with van der Waals surface area (Å²) in [4.78, 5) is 14.0. The van der Waals surface area contributed by atoms with E-state index in [1.54, 1.807) is 45.9 Å². The van der Waals surface area contributed by atoms with E-state index in [9.17, 15) is 4.79 Å². The van der Waals surface area contributed by atoms with Gasteiger partial charge in [-0.1, -0.05) is 30.3 Å². The van der Waals surface area contributed by atoms with Crippen molar-refractivity contribution in [2.24, 2.45) is 7.05 Å². The quantitative estimate of drug-likeness (QED) is 0.286. The Morgan fingerprint density at radius 1 is 1.03 bits per heavy atom. The van der Waals surface area contributed by atoms with Crippen LogP contribution in [-0.4, -0.2) is 24.7 Å². The second-order valence-electron chi connectivity index (χ2n) is 6.76. The minimum atomic E-state index is -0.442. The lowest BCUT2D eigenvalue weighted by molar-refractivity contribution is -0.728. The molecule has 0 N–H and O–H groups in total. The van der Waals surface area contributed by atoms with Gasteiger partial charge in [-0.15, -0.1) is 9.78 Å². The number of fused-ring (bicyclic) bond motifs is 1. The van der Waals surface area contributed by atoms with Crippen LogP contribution in [0.2, 0.25) is 0 Å². The molecular formula is C21H17ClN6O2. The lowest BCUT2D eigenvalue weighted by Crippen LogP contribution is -3.00. The number of hydrogen-bond acceptors (Lipinski definition) is 5. The molecule has 3 aromatic heterocycles. The molecule has 30 heavy (non-hydrogen) atoms. The van der Waals surface area contributed by atoms with Crippen LogP contribution in [-0.2, 0) is 7.05 Å². The van der Waals surface area contributed by atoms with Crippen LogP contribution in [0, 0.1) is 6.92 Å². The summed E-state index contributed by atoms with van der Waals surface area (Å²) in [5.74, 6) is 0. The maximum Gasteiger partial charge on any atom is 0.384 e. The van der Waals surface area contributed by atoms with Crippen LogP contribution in [0.5, 0.6) is 0 Å². The molecule has 5 aromatic rings. The maximum absolute atomic E-state index is 12.5. The predicted octanol–water partition coefficient (Wildman–Crippen LogP) is -0.637. The number of benzene rings is 2. The van der Waals surface area contributed by atoms with Crippen molar-refractivity contribution >= 4 is 11.0 Å². The third kappa shape index (κ3) is 3.37. The highest BCUT2D eigenvalue weighted by Gasteiger charge is 2.15. The van der Waals surface area contributed by atoms with Crippen LogP contribution >= 0.6 is 0 Å². The SMILES string of the molecule is Cc1nn(-c2ccc3cc(-n4cn[n+](C)c4)c(=O)oc3c2)nc1-c1ccccc1.[Cl-]. The molecule has 0 unspecified atom stereocenters. The van der Waals surface area contributed by atoms with Crippen LogP contribution in [0.15, 0.2) is 76.5 Å². The average molecular weight is 421 g/mol. The van der Waals surface area contributed by atoms with Crippen molar-refractivity contribution in [2.75, 3.05) is 0 Å². The monoisotopic (exact) mass is 420 g/mol. The molecule has 0 saturated carbocycles. The molecule has 0 bridgehead atoms. The summed E-state index contributed by atoms with van der Waals surface area (Å²) in [6.45, 7) is 1.92. The molecular weight excluding hydrogens is 404 g/mol. The van der Waals surface area contributed by atoms with E-state index < -0.39 is 5.63 Å². The first-order valence-electron chi connectivity index (χ1n) is 9.06. The molecule has 0 aliphatic rings. The summed E-state index contributed by atoms with van der Waals surface area (Å²) in [7, 11) is 1.79. The Balaban J connectivity index is 0.00000218. The summed E-state index contributed by atoms with van der Waals surface area (Å²) < 4.78 is 8.80. The van der Waals surface area contributed by atoms with Crippen LogP contribution in [0.4, 0.5) is 0 Å². The van der Waals surface area contributed by atoms with E-state index in [4.69, 9.17) is 4.42 Å². The Hall–Kier alpha value is -3.78. The Morgan fingerprint density at radius 2 is 1.83 bits per heavy atom. The van der Waals surface area contributed by atoms with E-state index in [2.05, 4.69) is 15.3 Å². The van der Waals surface area contributed by atoms with E-state index in [-0.39, 0.29) is 12.4 Å². The molecule has 2 aromatic carbocycles. The van der Waals surface area contributed by atoms with Gasteiger partial charge in [0.1, 0.15) is 18.3 Å². The van der Waals surface area contributed by atoms with Gasteiger partial charge in [0.05, 0.1) is 11.4 Å². The van der Waals surface area contributed by atoms with Crippen LogP contribution in [0.3, 0.4) is 0 Å². The summed E-state index contributed by atoms with van der Waals surface area (Å²) in [5.41, 5.74) is 3.78. The summed E-state index contributed by atoms with van der Waals surface area (Å²) in [5, 5.41) is 14.0. The fourth-order valence-corrected chi connectivity index (χ4v) is 3.25. The highest BCUT2D eigenvalue weighted by molar-refractivity contribution is 5.80. The van der Waals surface area contributed by atoms with Gasteiger partial charge in [-0.3, -0.25) is 0 Å². The summed E-state index contributed by atoms with van der Waals surface area (Å²) in [6, 6.07) is 17.2. The van der Waals surface area contributed by atoms with Crippen molar-refractivity contribution in [2.45, 2.75) is 6.92 Å². The molecule has 0 atom stereocenters. The standard InChI is InChI=1S/C21H17N6O2.ClH/c1-14-20(15-6-4-3-5-7-15)24-27(23-14)17-9-8-16-10-18(21(28)29-19(16)11-17)26-12-22-25(2)13-26;/h3-13H,1-2H3;1H/q+1;/p-1. The Morgan fingerprint density at radius 3 is 2.57 bits per heavy atom. The van der Waals surface area contributed by atoms with Crippen molar-refractivity contribution in [1.29, 1.82) is 0 Å². The number of rotatable bonds is 3. The molecule has 0 aliphatic carbocycles. The third-order valence-corrected chi connectivity index (χ3v) is 4.69. The highest BCUT2D eigenvalue weighted by Crippen LogP contribution is 2.23. The fraction of sp³-hybridized carbons (Fsp3) is 0.0952. The van der Waals surface area contributed by atoms with Crippen molar-refractivity contribution in [1.82, 2.24) is 24.7 Å². The molecule has 9 heteroatoms. The number of aryl methyl sites for hydroxylation is 2. The summed E-state index contributed by atoms with van der Waals surface area (Å²) >= 11 is 0. The smallest absolute Gasteiger partial charge is 0.384 e. The number of aromatic nitrogens is 6. The minimum Gasteiger partial charge on any atom is -1.00 e. The van der Waals surface area contributed by atoms with Gasteiger partial charge >= 0.3 is 5.63 Å². The molecule has 8 nitrogen and oxygen atoms in total. The topological polar surface area (TPSA) is 82.6 Å². The molecule has 150 valence electrons. The van der Waals surface area contributed by atoms with Crippen molar-refractivity contribution in [3.8, 4) is 22.6 Å². The second-order valence-corrected chi connectivity index (χ2v) is 6.76. The van der Waals surface area contributed by atoms with Gasteiger partial charge in [-0.05, 0) is 24.2 Å². The molecule has 0 aliphatic heterocycles. The zero-order chi connectivity index (χ0) is 20.0. The van der Waals surface area contributed by atoms with Gasteiger partial charge in [-0.2, -0.15) is 14.5 Å². The second kappa shape index (κ2) is 7.57. The zero-order valence-electron chi connectivity index (χ0n) is 16.2. The fourth-order valence-electron chi connectivity index (χ4n) is 3.25. The van der Waals surface area contributed by atoms with E-state index in [1.165, 1.54) is 0 Å². The lowest BCUT2D eigenvalue weighted by atomic mass is 10.1. The molecule has 5 rings (SSSR count). The predicted molar refractivity (Wildman–Crippen MR) is 106 cm³/mol. The molecule has 0 saturated heterocycles. The van der Waals surface area contributed by atoms with Crippen molar-refractivity contribution in [3.05, 3.63) is 83.4 Å². The van der Waals surface area contributed by atoms with E-state index in [1.807, 2.05) is 49.4 Å². The number of nitrogens with zero attached hydrogens (tertiary/aromatic N) is 6. The molecule has 0 amide bonds. The molecule has 0 spiro atoms. The third-order valence-electron chi connectivity index (χ3n) is 4.69. The summed E-state index contributed by atoms with van der Waals surface area (Å²) in [6.07, 6.45) is 3.27. The van der Waals surface area contributed by atoms with E-state index >= 15 is 0 Å². The van der Waals surface area contributed by atoms with Crippen molar-refractivity contribution < 1.29 is 21.5 Å². The average Bonchev–Trinajstić information content (AvgIpc) is 3.33. The largest absolute Gasteiger partial charge is 1.00 e. The number of halogens is 1. The highest BCUT2D eigenvalue weighted by atomic mass is 35.5. The van der Waals surface area contributed by atoms with Gasteiger partial charge in [0.25, 0.3) is 6.33 Å². The van der Waals surface area contributed by atoms with Crippen LogP contribution in [0.1, 0.15) is 5.69 Å². The van der Waals surface area contributed by atoms with Crippen LogP contribution < -0.4 is 22.7 Å². The maximum atomic E-state index is 12.5. The Kier molecular flexibility index (Phi) is 4.93. The van der Waals surface area contributed by atoms with Crippen LogP contribution in [0.25, 0.3) is 33.6 Å². The van der Waals surface area contributed by atoms with Gasteiger partial charge in [0, 0.05) is 23.1 Å². The van der Waals surface area contributed by atoms with Gasteiger partial charge in [-0.25, -0.2) is 4.79 Å². The van der Waals surface area contributed by atoms with Crippen molar-refractivity contribution in [3.63, 3.8) is 0 Å². The molecule has 3 heterocycles. The first kappa shape index (κ1) is 19.5. The molecule has 0 radical (unpaired) electrons. The van der Waals surface area contributed by atoms with Gasteiger partial charge < -0.3 is 16.8 Å². The first-order valence-corrected chi connectivity index (χ1v) is 9.06. The minimum absolute atomic E-state index is 0. The zero-order valence-corrected chi connectivity index (χ0v) is 17.0. The first-order chi connectivity index (χ1) is 14.1. The Bertz CT molecular complexity index is 1400. The van der Waals surface area contributed by atoms with Gasteiger partial charge in [0.2, 0.25) is 12.0 Å². The Labute approximate surface area is 177 Å². The van der Waals surface area contributed by atoms with E-state index in [0.717, 1.165) is 22.3 Å². The number of hydrogen-bond donors (Lipinski definition) is 0. The van der Waals surface area contributed by atoms with E-state index in [0.29, 0.717) is 17.0 Å². The normalized spacial score (nSPS) is 10.9. The lowest BCUT2D eigenvalue weighted by Gasteiger charge is -2.03.